The lowest BCUT2D eigenvalue weighted by Gasteiger charge is -2.15. The van der Waals surface area contributed by atoms with E-state index in [1.165, 1.54) is 25.7 Å². The van der Waals surface area contributed by atoms with Crippen molar-refractivity contribution < 1.29 is 0 Å². The molecule has 1 aromatic rings. The second-order valence-electron chi connectivity index (χ2n) is 4.47. The predicted octanol–water partition coefficient (Wildman–Crippen LogP) is 3.73. The third kappa shape index (κ3) is 2.85. The zero-order chi connectivity index (χ0) is 10.7. The van der Waals surface area contributed by atoms with Crippen LogP contribution in [0.5, 0.6) is 0 Å². The SMILES string of the molecule is CCCC1(CNc2ccnc(Cl)c2)CC1. The molecule has 0 aliphatic heterocycles. The zero-order valence-electron chi connectivity index (χ0n) is 9.09. The van der Waals surface area contributed by atoms with Crippen molar-refractivity contribution in [3.8, 4) is 0 Å². The van der Waals surface area contributed by atoms with Crippen molar-refractivity contribution in [2.24, 2.45) is 5.41 Å². The molecule has 0 atom stereocenters. The van der Waals surface area contributed by atoms with Crippen LogP contribution in [0.4, 0.5) is 5.69 Å². The minimum Gasteiger partial charge on any atom is -0.384 e. The average Bonchev–Trinajstić information content (AvgIpc) is 2.97. The minimum atomic E-state index is 0.556. The standard InChI is InChI=1S/C12H17ClN2/c1-2-4-12(5-6-12)9-15-10-3-7-14-11(13)8-10/h3,7-8H,2,4-6,9H2,1H3,(H,14,15). The lowest BCUT2D eigenvalue weighted by molar-refractivity contribution is 0.486. The average molecular weight is 225 g/mol. The molecule has 1 heterocycles. The number of rotatable bonds is 5. The fourth-order valence-electron chi connectivity index (χ4n) is 2.02. The van der Waals surface area contributed by atoms with Crippen LogP contribution in [0.3, 0.4) is 0 Å². The maximum Gasteiger partial charge on any atom is 0.131 e. The van der Waals surface area contributed by atoms with Gasteiger partial charge in [-0.05, 0) is 36.8 Å². The van der Waals surface area contributed by atoms with Crippen LogP contribution in [-0.4, -0.2) is 11.5 Å². The number of aromatic nitrogens is 1. The van der Waals surface area contributed by atoms with Gasteiger partial charge in [0.15, 0.2) is 0 Å². The van der Waals surface area contributed by atoms with E-state index in [0.29, 0.717) is 10.6 Å². The molecule has 15 heavy (non-hydrogen) atoms. The lowest BCUT2D eigenvalue weighted by atomic mass is 10.0. The summed E-state index contributed by atoms with van der Waals surface area (Å²) in [5, 5.41) is 4.00. The molecule has 3 heteroatoms. The van der Waals surface area contributed by atoms with E-state index in [1.54, 1.807) is 6.20 Å². The summed E-state index contributed by atoms with van der Waals surface area (Å²) < 4.78 is 0. The van der Waals surface area contributed by atoms with Crippen LogP contribution in [-0.2, 0) is 0 Å². The number of pyridine rings is 1. The Morgan fingerprint density at radius 2 is 2.33 bits per heavy atom. The van der Waals surface area contributed by atoms with Crippen LogP contribution in [0.25, 0.3) is 0 Å². The molecule has 0 aromatic carbocycles. The van der Waals surface area contributed by atoms with Gasteiger partial charge in [0.05, 0.1) is 0 Å². The number of halogens is 1. The Morgan fingerprint density at radius 3 is 2.93 bits per heavy atom. The van der Waals surface area contributed by atoms with Gasteiger partial charge in [-0.2, -0.15) is 0 Å². The molecule has 82 valence electrons. The highest BCUT2D eigenvalue weighted by molar-refractivity contribution is 6.29. The molecule has 0 radical (unpaired) electrons. The molecule has 0 spiro atoms. The predicted molar refractivity (Wildman–Crippen MR) is 64.3 cm³/mol. The van der Waals surface area contributed by atoms with E-state index in [1.807, 2.05) is 12.1 Å². The van der Waals surface area contributed by atoms with Crippen LogP contribution in [0.15, 0.2) is 18.3 Å². The molecular formula is C12H17ClN2. The fraction of sp³-hybridized carbons (Fsp3) is 0.583. The summed E-state index contributed by atoms with van der Waals surface area (Å²) >= 11 is 5.82. The summed E-state index contributed by atoms with van der Waals surface area (Å²) in [6, 6.07) is 3.84. The highest BCUT2D eigenvalue weighted by Crippen LogP contribution is 2.49. The van der Waals surface area contributed by atoms with Crippen LogP contribution in [0, 0.1) is 5.41 Å². The molecule has 0 bridgehead atoms. The van der Waals surface area contributed by atoms with Gasteiger partial charge in [0.25, 0.3) is 0 Å². The summed E-state index contributed by atoms with van der Waals surface area (Å²) in [5.41, 5.74) is 1.65. The first-order chi connectivity index (χ1) is 7.24. The quantitative estimate of drug-likeness (QED) is 0.771. The van der Waals surface area contributed by atoms with Gasteiger partial charge < -0.3 is 5.32 Å². The highest BCUT2D eigenvalue weighted by Gasteiger charge is 2.40. The van der Waals surface area contributed by atoms with Gasteiger partial charge in [0.2, 0.25) is 0 Å². The first-order valence-corrected chi connectivity index (χ1v) is 5.97. The van der Waals surface area contributed by atoms with Crippen LogP contribution in [0.2, 0.25) is 5.15 Å². The molecule has 0 amide bonds. The van der Waals surface area contributed by atoms with E-state index in [9.17, 15) is 0 Å². The topological polar surface area (TPSA) is 24.9 Å². The number of hydrogen-bond donors (Lipinski definition) is 1. The number of anilines is 1. The largest absolute Gasteiger partial charge is 0.384 e. The molecule has 1 fully saturated rings. The van der Waals surface area contributed by atoms with Gasteiger partial charge in [0.1, 0.15) is 5.15 Å². The smallest absolute Gasteiger partial charge is 0.131 e. The molecule has 1 aromatic heterocycles. The van der Waals surface area contributed by atoms with Crippen molar-refractivity contribution >= 4 is 17.3 Å². The number of nitrogens with one attached hydrogen (secondary N) is 1. The van der Waals surface area contributed by atoms with Crippen molar-refractivity contribution in [1.82, 2.24) is 4.98 Å². The maximum absolute atomic E-state index is 5.82. The van der Waals surface area contributed by atoms with Crippen molar-refractivity contribution in [1.29, 1.82) is 0 Å². The van der Waals surface area contributed by atoms with Crippen LogP contribution in [0.1, 0.15) is 32.6 Å². The lowest BCUT2D eigenvalue weighted by Crippen LogP contribution is -2.15. The Labute approximate surface area is 96.1 Å². The summed E-state index contributed by atoms with van der Waals surface area (Å²) in [7, 11) is 0. The zero-order valence-corrected chi connectivity index (χ0v) is 9.85. The van der Waals surface area contributed by atoms with Crippen molar-refractivity contribution in [3.05, 3.63) is 23.5 Å². The van der Waals surface area contributed by atoms with E-state index in [-0.39, 0.29) is 0 Å². The van der Waals surface area contributed by atoms with Gasteiger partial charge in [0, 0.05) is 18.4 Å². The summed E-state index contributed by atoms with van der Waals surface area (Å²) in [5.74, 6) is 0. The second kappa shape index (κ2) is 4.40. The molecule has 1 N–H and O–H groups in total. The molecule has 1 aliphatic rings. The fourth-order valence-corrected chi connectivity index (χ4v) is 2.20. The van der Waals surface area contributed by atoms with Crippen molar-refractivity contribution in [2.75, 3.05) is 11.9 Å². The number of hydrogen-bond acceptors (Lipinski definition) is 2. The molecule has 1 aliphatic carbocycles. The third-order valence-electron chi connectivity index (χ3n) is 3.13. The molecule has 0 unspecified atom stereocenters. The Hall–Kier alpha value is -0.760. The van der Waals surface area contributed by atoms with E-state index < -0.39 is 0 Å². The molecule has 1 saturated carbocycles. The third-order valence-corrected chi connectivity index (χ3v) is 3.34. The van der Waals surface area contributed by atoms with E-state index >= 15 is 0 Å². The molecule has 2 nitrogen and oxygen atoms in total. The Kier molecular flexibility index (Phi) is 3.15. The van der Waals surface area contributed by atoms with Crippen LogP contribution < -0.4 is 5.32 Å². The van der Waals surface area contributed by atoms with Crippen LogP contribution >= 0.6 is 11.6 Å². The molecule has 0 saturated heterocycles. The monoisotopic (exact) mass is 224 g/mol. The summed E-state index contributed by atoms with van der Waals surface area (Å²) in [4.78, 5) is 3.96. The molecule has 2 rings (SSSR count). The van der Waals surface area contributed by atoms with Crippen molar-refractivity contribution in [2.45, 2.75) is 32.6 Å². The maximum atomic E-state index is 5.82. The molecular weight excluding hydrogens is 208 g/mol. The number of nitrogens with zero attached hydrogens (tertiary/aromatic N) is 1. The van der Waals surface area contributed by atoms with Gasteiger partial charge in [-0.15, -0.1) is 0 Å². The van der Waals surface area contributed by atoms with Crippen molar-refractivity contribution in [3.63, 3.8) is 0 Å². The first-order valence-electron chi connectivity index (χ1n) is 5.60. The Morgan fingerprint density at radius 1 is 1.53 bits per heavy atom. The van der Waals surface area contributed by atoms with Gasteiger partial charge in [-0.25, -0.2) is 4.98 Å². The van der Waals surface area contributed by atoms with E-state index in [0.717, 1.165) is 12.2 Å². The minimum absolute atomic E-state index is 0.556. The normalized spacial score (nSPS) is 17.5. The van der Waals surface area contributed by atoms with Gasteiger partial charge in [-0.3, -0.25) is 0 Å². The summed E-state index contributed by atoms with van der Waals surface area (Å²) in [6.45, 7) is 3.32. The summed E-state index contributed by atoms with van der Waals surface area (Å²) in [6.07, 6.45) is 7.08. The first kappa shape index (κ1) is 10.7. The van der Waals surface area contributed by atoms with Gasteiger partial charge in [-0.1, -0.05) is 24.9 Å². The Balaban J connectivity index is 1.88. The van der Waals surface area contributed by atoms with Gasteiger partial charge >= 0.3 is 0 Å². The van der Waals surface area contributed by atoms with E-state index in [4.69, 9.17) is 11.6 Å². The second-order valence-corrected chi connectivity index (χ2v) is 4.86. The van der Waals surface area contributed by atoms with E-state index in [2.05, 4.69) is 17.2 Å². The Bertz CT molecular complexity index is 334. The highest BCUT2D eigenvalue weighted by atomic mass is 35.5.